The summed E-state index contributed by atoms with van der Waals surface area (Å²) in [5.41, 5.74) is 5.34. The van der Waals surface area contributed by atoms with Crippen LogP contribution in [0.2, 0.25) is 0 Å². The number of phenols is 1. The topological polar surface area (TPSA) is 58.6 Å². The van der Waals surface area contributed by atoms with Gasteiger partial charge in [-0.2, -0.15) is 0 Å². The van der Waals surface area contributed by atoms with E-state index in [1.165, 1.54) is 6.07 Å². The van der Waals surface area contributed by atoms with Gasteiger partial charge in [0.15, 0.2) is 5.78 Å². The van der Waals surface area contributed by atoms with Crippen molar-refractivity contribution in [2.24, 2.45) is 0 Å². The normalized spacial score (nSPS) is 13.7. The molecule has 0 amide bonds. The number of aromatic hydroxyl groups is 1. The molecule has 20 heavy (non-hydrogen) atoms. The van der Waals surface area contributed by atoms with Crippen LogP contribution in [0.3, 0.4) is 0 Å². The molecule has 4 nitrogen and oxygen atoms in total. The first-order valence-electron chi connectivity index (χ1n) is 6.27. The summed E-state index contributed by atoms with van der Waals surface area (Å²) in [5, 5.41) is 9.76. The van der Waals surface area contributed by atoms with Gasteiger partial charge < -0.3 is 5.11 Å². The second-order valence-electron chi connectivity index (χ2n) is 4.46. The van der Waals surface area contributed by atoms with Crippen LogP contribution in [0.25, 0.3) is 5.70 Å². The van der Waals surface area contributed by atoms with Gasteiger partial charge in [-0.3, -0.25) is 15.1 Å². The molecular formula is C16H13NO3. The van der Waals surface area contributed by atoms with Gasteiger partial charge in [0.05, 0.1) is 17.9 Å². The van der Waals surface area contributed by atoms with Gasteiger partial charge in [0, 0.05) is 11.1 Å². The summed E-state index contributed by atoms with van der Waals surface area (Å²) >= 11 is 0. The molecule has 1 aliphatic heterocycles. The Morgan fingerprint density at radius 3 is 2.75 bits per heavy atom. The number of nitrogens with one attached hydrogen (secondary N) is 1. The monoisotopic (exact) mass is 267 g/mol. The van der Waals surface area contributed by atoms with Crippen LogP contribution in [-0.2, 0) is 4.84 Å². The van der Waals surface area contributed by atoms with Crippen molar-refractivity contribution in [1.82, 2.24) is 5.48 Å². The molecule has 0 saturated carbocycles. The fourth-order valence-corrected chi connectivity index (χ4v) is 2.11. The predicted molar refractivity (Wildman–Crippen MR) is 75.0 cm³/mol. The van der Waals surface area contributed by atoms with E-state index in [0.29, 0.717) is 17.7 Å². The smallest absolute Gasteiger partial charge is 0.196 e. The molecule has 0 atom stereocenters. The second-order valence-corrected chi connectivity index (χ2v) is 4.46. The largest absolute Gasteiger partial charge is 0.507 e. The predicted octanol–water partition coefficient (Wildman–Crippen LogP) is 2.50. The highest BCUT2D eigenvalue weighted by Crippen LogP contribution is 2.22. The van der Waals surface area contributed by atoms with Gasteiger partial charge in [-0.15, -0.1) is 0 Å². The molecular weight excluding hydrogens is 254 g/mol. The molecule has 1 aliphatic rings. The SMILES string of the molecule is O=C(c1cccc(C2=CCON2)c1)c1ccccc1O. The molecule has 4 heteroatoms. The first-order chi connectivity index (χ1) is 9.75. The van der Waals surface area contributed by atoms with Crippen molar-refractivity contribution in [2.75, 3.05) is 6.61 Å². The Morgan fingerprint density at radius 1 is 1.15 bits per heavy atom. The Balaban J connectivity index is 1.96. The lowest BCUT2D eigenvalue weighted by molar-refractivity contribution is 0.103. The van der Waals surface area contributed by atoms with Gasteiger partial charge in [-0.25, -0.2) is 0 Å². The molecule has 0 fully saturated rings. The lowest BCUT2D eigenvalue weighted by Gasteiger charge is -2.07. The molecule has 2 aromatic rings. The molecule has 2 N–H and O–H groups in total. The third kappa shape index (κ3) is 2.29. The van der Waals surface area contributed by atoms with Crippen molar-refractivity contribution in [3.05, 3.63) is 71.3 Å². The Morgan fingerprint density at radius 2 is 2.00 bits per heavy atom. The number of ketones is 1. The summed E-state index contributed by atoms with van der Waals surface area (Å²) in [7, 11) is 0. The van der Waals surface area contributed by atoms with Crippen LogP contribution < -0.4 is 5.48 Å². The number of benzene rings is 2. The van der Waals surface area contributed by atoms with E-state index in [-0.39, 0.29) is 11.5 Å². The van der Waals surface area contributed by atoms with E-state index in [4.69, 9.17) is 4.84 Å². The van der Waals surface area contributed by atoms with Crippen LogP contribution in [-0.4, -0.2) is 17.5 Å². The van der Waals surface area contributed by atoms with Crippen molar-refractivity contribution in [2.45, 2.75) is 0 Å². The Labute approximate surface area is 116 Å². The molecule has 0 aromatic heterocycles. The summed E-state index contributed by atoms with van der Waals surface area (Å²) in [6.45, 7) is 0.507. The average molecular weight is 267 g/mol. The van der Waals surface area contributed by atoms with Crippen molar-refractivity contribution in [3.63, 3.8) is 0 Å². The minimum absolute atomic E-state index is 0.00977. The average Bonchev–Trinajstić information content (AvgIpc) is 3.01. The molecule has 0 bridgehead atoms. The quantitative estimate of drug-likeness (QED) is 0.839. The maximum absolute atomic E-state index is 12.4. The third-order valence-electron chi connectivity index (χ3n) is 3.14. The zero-order chi connectivity index (χ0) is 13.9. The van der Waals surface area contributed by atoms with Gasteiger partial charge >= 0.3 is 0 Å². The van der Waals surface area contributed by atoms with Gasteiger partial charge in [-0.1, -0.05) is 30.3 Å². The summed E-state index contributed by atoms with van der Waals surface area (Å²) in [6, 6.07) is 13.8. The van der Waals surface area contributed by atoms with E-state index in [1.807, 2.05) is 18.2 Å². The van der Waals surface area contributed by atoms with Crippen molar-refractivity contribution in [3.8, 4) is 5.75 Å². The van der Waals surface area contributed by atoms with E-state index in [9.17, 15) is 9.90 Å². The van der Waals surface area contributed by atoms with Crippen LogP contribution in [0, 0.1) is 0 Å². The van der Waals surface area contributed by atoms with E-state index in [0.717, 1.165) is 11.3 Å². The van der Waals surface area contributed by atoms with Crippen molar-refractivity contribution >= 4 is 11.5 Å². The molecule has 100 valence electrons. The Bertz CT molecular complexity index is 692. The van der Waals surface area contributed by atoms with E-state index in [2.05, 4.69) is 5.48 Å². The van der Waals surface area contributed by atoms with Gasteiger partial charge in [0.25, 0.3) is 0 Å². The Hall–Kier alpha value is -2.59. The van der Waals surface area contributed by atoms with E-state index in [1.54, 1.807) is 30.3 Å². The number of hydroxylamine groups is 1. The highest BCUT2D eigenvalue weighted by Gasteiger charge is 2.14. The molecule has 0 unspecified atom stereocenters. The third-order valence-corrected chi connectivity index (χ3v) is 3.14. The Kier molecular flexibility index (Phi) is 3.23. The number of hydrogen-bond donors (Lipinski definition) is 2. The summed E-state index contributed by atoms with van der Waals surface area (Å²) in [5.74, 6) is -0.214. The van der Waals surface area contributed by atoms with E-state index < -0.39 is 0 Å². The molecule has 0 aliphatic carbocycles. The summed E-state index contributed by atoms with van der Waals surface area (Å²) in [6.07, 6.45) is 1.91. The fourth-order valence-electron chi connectivity index (χ4n) is 2.11. The lowest BCUT2D eigenvalue weighted by Crippen LogP contribution is -2.06. The number of phenolic OH excluding ortho intramolecular Hbond substituents is 1. The van der Waals surface area contributed by atoms with Crippen LogP contribution in [0.4, 0.5) is 0 Å². The fraction of sp³-hybridized carbons (Fsp3) is 0.0625. The number of carbonyl (C=O) groups excluding carboxylic acids is 1. The number of carbonyl (C=O) groups is 1. The molecule has 0 radical (unpaired) electrons. The minimum Gasteiger partial charge on any atom is -0.507 e. The van der Waals surface area contributed by atoms with Crippen LogP contribution in [0.15, 0.2) is 54.6 Å². The molecule has 3 rings (SSSR count). The molecule has 0 saturated heterocycles. The molecule has 1 heterocycles. The van der Waals surface area contributed by atoms with Crippen LogP contribution >= 0.6 is 0 Å². The maximum Gasteiger partial charge on any atom is 0.196 e. The van der Waals surface area contributed by atoms with Crippen LogP contribution in [0.1, 0.15) is 21.5 Å². The van der Waals surface area contributed by atoms with Gasteiger partial charge in [0.1, 0.15) is 5.75 Å². The molecule has 0 spiro atoms. The van der Waals surface area contributed by atoms with E-state index >= 15 is 0 Å². The maximum atomic E-state index is 12.4. The summed E-state index contributed by atoms with van der Waals surface area (Å²) < 4.78 is 0. The number of para-hydroxylation sites is 1. The number of hydrogen-bond acceptors (Lipinski definition) is 4. The lowest BCUT2D eigenvalue weighted by atomic mass is 10.00. The zero-order valence-electron chi connectivity index (χ0n) is 10.7. The zero-order valence-corrected chi connectivity index (χ0v) is 10.7. The second kappa shape index (κ2) is 5.19. The summed E-state index contributed by atoms with van der Waals surface area (Å²) in [4.78, 5) is 17.5. The van der Waals surface area contributed by atoms with Gasteiger partial charge in [-0.05, 0) is 24.3 Å². The standard InChI is InChI=1S/C16H13NO3/c18-15-7-2-1-6-13(15)16(19)12-5-3-4-11(10-12)14-8-9-20-17-14/h1-8,10,17-18H,9H2. The van der Waals surface area contributed by atoms with Crippen molar-refractivity contribution in [1.29, 1.82) is 0 Å². The van der Waals surface area contributed by atoms with Gasteiger partial charge in [0.2, 0.25) is 0 Å². The van der Waals surface area contributed by atoms with Crippen LogP contribution in [0.5, 0.6) is 5.75 Å². The molecule has 2 aromatic carbocycles. The highest BCUT2D eigenvalue weighted by atomic mass is 16.6. The first kappa shape index (κ1) is 12.4. The minimum atomic E-state index is -0.204. The van der Waals surface area contributed by atoms with Crippen molar-refractivity contribution < 1.29 is 14.7 Å². The first-order valence-corrected chi connectivity index (χ1v) is 6.27. The number of rotatable bonds is 3. The highest BCUT2D eigenvalue weighted by molar-refractivity contribution is 6.10.